The van der Waals surface area contributed by atoms with Crippen LogP contribution in [0.2, 0.25) is 5.02 Å². The molecule has 27 heavy (non-hydrogen) atoms. The Morgan fingerprint density at radius 1 is 1.11 bits per heavy atom. The monoisotopic (exact) mass is 412 g/mol. The molecule has 2 aromatic rings. The van der Waals surface area contributed by atoms with Gasteiger partial charge in [0.2, 0.25) is 0 Å². The van der Waals surface area contributed by atoms with Crippen molar-refractivity contribution in [3.05, 3.63) is 63.2 Å². The highest BCUT2D eigenvalue weighted by molar-refractivity contribution is 7.90. The number of rotatable bonds is 5. The molecule has 0 radical (unpaired) electrons. The predicted octanol–water partition coefficient (Wildman–Crippen LogP) is 2.12. The van der Waals surface area contributed by atoms with Gasteiger partial charge in [-0.05, 0) is 30.3 Å². The molecule has 0 saturated heterocycles. The molecule has 12 heteroatoms. The van der Waals surface area contributed by atoms with Crippen LogP contribution >= 0.6 is 11.6 Å². The third-order valence-electron chi connectivity index (χ3n) is 3.28. The number of anilines is 1. The maximum absolute atomic E-state index is 12.3. The van der Waals surface area contributed by atoms with E-state index in [0.717, 1.165) is 18.2 Å². The van der Waals surface area contributed by atoms with Gasteiger partial charge in [-0.3, -0.25) is 14.9 Å². The number of carbonyl (C=O) groups is 2. The van der Waals surface area contributed by atoms with Gasteiger partial charge in [0.25, 0.3) is 21.6 Å². The SMILES string of the molecule is CNC(=O)Nc1ccc(S(=O)(=O)NC(=O)c2ccc([N+](=O)[O-])cc2Cl)cc1. The van der Waals surface area contributed by atoms with E-state index in [4.69, 9.17) is 11.6 Å². The number of hydrogen-bond acceptors (Lipinski definition) is 6. The summed E-state index contributed by atoms with van der Waals surface area (Å²) in [7, 11) is -2.80. The van der Waals surface area contributed by atoms with Crippen molar-refractivity contribution in [1.82, 2.24) is 10.0 Å². The number of amides is 3. The van der Waals surface area contributed by atoms with Crippen molar-refractivity contribution >= 4 is 44.9 Å². The van der Waals surface area contributed by atoms with Crippen LogP contribution in [0.1, 0.15) is 10.4 Å². The predicted molar refractivity (Wildman–Crippen MR) is 97.3 cm³/mol. The molecule has 0 aliphatic heterocycles. The highest BCUT2D eigenvalue weighted by Crippen LogP contribution is 2.23. The summed E-state index contributed by atoms with van der Waals surface area (Å²) in [5.41, 5.74) is -0.222. The molecular weight excluding hydrogens is 400 g/mol. The van der Waals surface area contributed by atoms with E-state index in [2.05, 4.69) is 10.6 Å². The van der Waals surface area contributed by atoms with Crippen LogP contribution < -0.4 is 15.4 Å². The second-order valence-electron chi connectivity index (χ2n) is 5.08. The number of hydrogen-bond donors (Lipinski definition) is 3. The Kier molecular flexibility index (Phi) is 5.98. The number of nitrogens with one attached hydrogen (secondary N) is 3. The van der Waals surface area contributed by atoms with Crippen LogP contribution in [0.4, 0.5) is 16.2 Å². The molecule has 0 fully saturated rings. The molecule has 2 rings (SSSR count). The number of nitrogens with zero attached hydrogens (tertiary/aromatic N) is 1. The lowest BCUT2D eigenvalue weighted by molar-refractivity contribution is -0.384. The molecular formula is C15H13ClN4O6S. The molecule has 0 aliphatic carbocycles. The van der Waals surface area contributed by atoms with E-state index in [1.807, 2.05) is 4.72 Å². The second-order valence-corrected chi connectivity index (χ2v) is 7.17. The highest BCUT2D eigenvalue weighted by atomic mass is 35.5. The Labute approximate surface area is 158 Å². The Hall–Kier alpha value is -3.18. The molecule has 0 saturated carbocycles. The van der Waals surface area contributed by atoms with Gasteiger partial charge in [-0.1, -0.05) is 11.6 Å². The summed E-state index contributed by atoms with van der Waals surface area (Å²) < 4.78 is 26.4. The lowest BCUT2D eigenvalue weighted by Gasteiger charge is -2.09. The largest absolute Gasteiger partial charge is 0.341 e. The topological polar surface area (TPSA) is 148 Å². The maximum atomic E-state index is 12.3. The van der Waals surface area contributed by atoms with Gasteiger partial charge in [0.05, 0.1) is 20.4 Å². The molecule has 0 aliphatic rings. The summed E-state index contributed by atoms with van der Waals surface area (Å²) in [5, 5.41) is 15.2. The zero-order valence-electron chi connectivity index (χ0n) is 13.7. The van der Waals surface area contributed by atoms with Crippen LogP contribution in [0.15, 0.2) is 47.4 Å². The molecule has 0 aromatic heterocycles. The number of nitro groups is 1. The van der Waals surface area contributed by atoms with Gasteiger partial charge in [-0.15, -0.1) is 0 Å². The maximum Gasteiger partial charge on any atom is 0.318 e. The fraction of sp³-hybridized carbons (Fsp3) is 0.0667. The molecule has 142 valence electrons. The van der Waals surface area contributed by atoms with Crippen LogP contribution in [-0.4, -0.2) is 32.3 Å². The standard InChI is InChI=1S/C15H13ClN4O6S/c1-17-15(22)18-9-2-5-11(6-3-9)27(25,26)19-14(21)12-7-4-10(20(23)24)8-13(12)16/h2-8H,1H3,(H,19,21)(H2,17,18,22). The highest BCUT2D eigenvalue weighted by Gasteiger charge is 2.21. The zero-order chi connectivity index (χ0) is 20.2. The summed E-state index contributed by atoms with van der Waals surface area (Å²) >= 11 is 5.82. The van der Waals surface area contributed by atoms with Crippen LogP contribution in [0.5, 0.6) is 0 Å². The molecule has 10 nitrogen and oxygen atoms in total. The zero-order valence-corrected chi connectivity index (χ0v) is 15.3. The van der Waals surface area contributed by atoms with Crippen molar-refractivity contribution in [1.29, 1.82) is 0 Å². The van der Waals surface area contributed by atoms with E-state index in [9.17, 15) is 28.1 Å². The molecule has 3 N–H and O–H groups in total. The van der Waals surface area contributed by atoms with Crippen LogP contribution in [-0.2, 0) is 10.0 Å². The molecule has 3 amide bonds. The molecule has 0 heterocycles. The van der Waals surface area contributed by atoms with E-state index >= 15 is 0 Å². The van der Waals surface area contributed by atoms with E-state index in [0.29, 0.717) is 5.69 Å². The number of urea groups is 1. The number of sulfonamides is 1. The summed E-state index contributed by atoms with van der Waals surface area (Å²) in [6.45, 7) is 0. The molecule has 0 bridgehead atoms. The number of nitro benzene ring substituents is 1. The van der Waals surface area contributed by atoms with E-state index in [1.54, 1.807) is 0 Å². The van der Waals surface area contributed by atoms with Crippen molar-refractivity contribution in [2.45, 2.75) is 4.90 Å². The minimum Gasteiger partial charge on any atom is -0.341 e. The summed E-state index contributed by atoms with van der Waals surface area (Å²) in [5.74, 6) is -1.04. The summed E-state index contributed by atoms with van der Waals surface area (Å²) in [6.07, 6.45) is 0. The van der Waals surface area contributed by atoms with Crippen LogP contribution in [0.3, 0.4) is 0 Å². The molecule has 2 aromatic carbocycles. The van der Waals surface area contributed by atoms with Crippen molar-refractivity contribution < 1.29 is 22.9 Å². The Bertz CT molecular complexity index is 1010. The summed E-state index contributed by atoms with van der Waals surface area (Å²) in [6, 6.07) is 7.62. The van der Waals surface area contributed by atoms with E-state index in [1.165, 1.54) is 31.3 Å². The number of benzene rings is 2. The van der Waals surface area contributed by atoms with Gasteiger partial charge < -0.3 is 10.6 Å². The second kappa shape index (κ2) is 8.01. The van der Waals surface area contributed by atoms with Gasteiger partial charge in [-0.2, -0.15) is 0 Å². The minimum absolute atomic E-state index is 0.226. The normalized spacial score (nSPS) is 10.7. The average molecular weight is 413 g/mol. The Morgan fingerprint density at radius 3 is 2.26 bits per heavy atom. The first-order valence-electron chi connectivity index (χ1n) is 7.24. The van der Waals surface area contributed by atoms with Gasteiger partial charge >= 0.3 is 6.03 Å². The van der Waals surface area contributed by atoms with Gasteiger partial charge in [0.1, 0.15) is 0 Å². The third kappa shape index (κ3) is 4.92. The first kappa shape index (κ1) is 20.1. The van der Waals surface area contributed by atoms with Crippen molar-refractivity contribution in [3.8, 4) is 0 Å². The minimum atomic E-state index is -4.22. The number of non-ortho nitro benzene ring substituents is 1. The molecule has 0 unspecified atom stereocenters. The summed E-state index contributed by atoms with van der Waals surface area (Å²) in [4.78, 5) is 33.1. The van der Waals surface area contributed by atoms with Crippen LogP contribution in [0, 0.1) is 10.1 Å². The van der Waals surface area contributed by atoms with Crippen molar-refractivity contribution in [3.63, 3.8) is 0 Å². The fourth-order valence-corrected chi connectivity index (χ4v) is 3.18. The van der Waals surface area contributed by atoms with Crippen molar-refractivity contribution in [2.24, 2.45) is 0 Å². The van der Waals surface area contributed by atoms with Gasteiger partial charge in [0, 0.05) is 24.9 Å². The van der Waals surface area contributed by atoms with Gasteiger partial charge in [0.15, 0.2) is 0 Å². The fourth-order valence-electron chi connectivity index (χ4n) is 1.95. The molecule has 0 atom stereocenters. The van der Waals surface area contributed by atoms with Gasteiger partial charge in [-0.25, -0.2) is 17.9 Å². The first-order valence-corrected chi connectivity index (χ1v) is 9.10. The lowest BCUT2D eigenvalue weighted by Crippen LogP contribution is -2.30. The smallest absolute Gasteiger partial charge is 0.318 e. The van der Waals surface area contributed by atoms with Crippen molar-refractivity contribution in [2.75, 3.05) is 12.4 Å². The average Bonchev–Trinajstić information content (AvgIpc) is 2.61. The number of carbonyl (C=O) groups excluding carboxylic acids is 2. The number of halogens is 1. The first-order chi connectivity index (χ1) is 12.6. The molecule has 0 spiro atoms. The Morgan fingerprint density at radius 2 is 1.74 bits per heavy atom. The van der Waals surface area contributed by atoms with E-state index < -0.39 is 26.9 Å². The lowest BCUT2D eigenvalue weighted by atomic mass is 10.2. The quantitative estimate of drug-likeness (QED) is 0.506. The Balaban J connectivity index is 2.19. The van der Waals surface area contributed by atoms with Crippen LogP contribution in [0.25, 0.3) is 0 Å². The third-order valence-corrected chi connectivity index (χ3v) is 4.94. The van der Waals surface area contributed by atoms with E-state index in [-0.39, 0.29) is 21.2 Å².